The zero-order valence-electron chi connectivity index (χ0n) is 18.9. The smallest absolute Gasteiger partial charge is 0.119 e. The fourth-order valence-corrected chi connectivity index (χ4v) is 5.97. The lowest BCUT2D eigenvalue weighted by atomic mass is 9.68. The van der Waals surface area contributed by atoms with Crippen molar-refractivity contribution < 1.29 is 4.74 Å². The van der Waals surface area contributed by atoms with Crippen molar-refractivity contribution in [3.8, 4) is 5.75 Å². The van der Waals surface area contributed by atoms with E-state index in [1.165, 1.54) is 68.9 Å². The van der Waals surface area contributed by atoms with E-state index in [9.17, 15) is 0 Å². The highest BCUT2D eigenvalue weighted by Crippen LogP contribution is 2.44. The zero-order chi connectivity index (χ0) is 20.9. The number of rotatable bonds is 6. The summed E-state index contributed by atoms with van der Waals surface area (Å²) >= 11 is 0. The molecule has 2 aromatic carbocycles. The summed E-state index contributed by atoms with van der Waals surface area (Å²) in [7, 11) is 0. The van der Waals surface area contributed by atoms with Crippen LogP contribution in [0.25, 0.3) is 0 Å². The molecule has 2 nitrogen and oxygen atoms in total. The van der Waals surface area contributed by atoms with Crippen LogP contribution in [0.15, 0.2) is 42.5 Å². The molecule has 4 rings (SSSR count). The Labute approximate surface area is 183 Å². The van der Waals surface area contributed by atoms with Gasteiger partial charge >= 0.3 is 0 Å². The third-order valence-corrected chi connectivity index (χ3v) is 7.82. The quantitative estimate of drug-likeness (QED) is 0.501. The molecule has 2 fully saturated rings. The van der Waals surface area contributed by atoms with E-state index in [2.05, 4.69) is 44.2 Å². The summed E-state index contributed by atoms with van der Waals surface area (Å²) in [6.45, 7) is 5.00. The molecule has 162 valence electrons. The first-order chi connectivity index (χ1) is 14.6. The summed E-state index contributed by atoms with van der Waals surface area (Å²) < 4.78 is 6.00. The van der Waals surface area contributed by atoms with Crippen LogP contribution in [0, 0.1) is 24.7 Å². The van der Waals surface area contributed by atoms with Crippen molar-refractivity contribution in [3.05, 3.63) is 59.2 Å². The highest BCUT2D eigenvalue weighted by molar-refractivity contribution is 5.44. The molecule has 0 saturated heterocycles. The van der Waals surface area contributed by atoms with Crippen LogP contribution in [-0.2, 0) is 6.61 Å². The van der Waals surface area contributed by atoms with E-state index >= 15 is 0 Å². The van der Waals surface area contributed by atoms with Gasteiger partial charge in [0, 0.05) is 5.69 Å². The van der Waals surface area contributed by atoms with E-state index < -0.39 is 0 Å². The third kappa shape index (κ3) is 5.39. The Morgan fingerprint density at radius 3 is 2.07 bits per heavy atom. The van der Waals surface area contributed by atoms with Gasteiger partial charge in [0.1, 0.15) is 12.4 Å². The first kappa shape index (κ1) is 21.3. The maximum absolute atomic E-state index is 6.00. The van der Waals surface area contributed by atoms with E-state index in [-0.39, 0.29) is 0 Å². The van der Waals surface area contributed by atoms with Gasteiger partial charge in [0.25, 0.3) is 0 Å². The molecule has 2 saturated carbocycles. The third-order valence-electron chi connectivity index (χ3n) is 7.82. The van der Waals surface area contributed by atoms with Gasteiger partial charge in [-0.15, -0.1) is 0 Å². The zero-order valence-corrected chi connectivity index (χ0v) is 18.9. The molecule has 2 N–H and O–H groups in total. The lowest BCUT2D eigenvalue weighted by Gasteiger charge is -2.38. The van der Waals surface area contributed by atoms with E-state index in [1.54, 1.807) is 0 Å². The number of anilines is 1. The summed E-state index contributed by atoms with van der Waals surface area (Å²) in [5, 5.41) is 0. The van der Waals surface area contributed by atoms with Gasteiger partial charge in [0.15, 0.2) is 0 Å². The number of nitrogens with two attached hydrogens (primary N) is 1. The fourth-order valence-electron chi connectivity index (χ4n) is 5.97. The van der Waals surface area contributed by atoms with Gasteiger partial charge in [-0.25, -0.2) is 0 Å². The van der Waals surface area contributed by atoms with Crippen LogP contribution in [-0.4, -0.2) is 0 Å². The van der Waals surface area contributed by atoms with Crippen LogP contribution in [0.4, 0.5) is 5.69 Å². The first-order valence-electron chi connectivity index (χ1n) is 12.2. The van der Waals surface area contributed by atoms with Gasteiger partial charge in [0.2, 0.25) is 0 Å². The van der Waals surface area contributed by atoms with Crippen LogP contribution in [0.2, 0.25) is 0 Å². The molecule has 0 atom stereocenters. The number of hydrogen-bond acceptors (Lipinski definition) is 2. The van der Waals surface area contributed by atoms with E-state index in [4.69, 9.17) is 10.5 Å². The topological polar surface area (TPSA) is 35.2 Å². The molecule has 2 heteroatoms. The lowest BCUT2D eigenvalue weighted by Crippen LogP contribution is -2.25. The maximum atomic E-state index is 6.00. The largest absolute Gasteiger partial charge is 0.489 e. The monoisotopic (exact) mass is 405 g/mol. The minimum absolute atomic E-state index is 0.566. The second kappa shape index (κ2) is 9.90. The molecular formula is C28H39NO. The number of ether oxygens (including phenoxy) is 1. The summed E-state index contributed by atoms with van der Waals surface area (Å²) in [4.78, 5) is 0. The molecule has 2 aliphatic carbocycles. The summed E-state index contributed by atoms with van der Waals surface area (Å²) in [5.41, 5.74) is 10.6. The molecule has 0 aromatic heterocycles. The number of benzene rings is 2. The van der Waals surface area contributed by atoms with Crippen LogP contribution < -0.4 is 10.5 Å². The second-order valence-electron chi connectivity index (χ2n) is 9.91. The Bertz CT molecular complexity index is 776. The standard InChI is InChI=1S/C28H39NO/c1-3-21-4-6-23(7-5-21)24-8-10-25(11-9-24)26-12-14-28(15-13-26)30-19-22-16-20(2)17-27(29)18-22/h12-18,21,23-25H,3-11,19,29H2,1-2H3. The van der Waals surface area contributed by atoms with Crippen molar-refractivity contribution in [2.75, 3.05) is 5.73 Å². The van der Waals surface area contributed by atoms with E-state index in [1.807, 2.05) is 12.1 Å². The van der Waals surface area contributed by atoms with Crippen molar-refractivity contribution in [2.45, 2.75) is 84.2 Å². The molecule has 2 aromatic rings. The molecule has 30 heavy (non-hydrogen) atoms. The van der Waals surface area contributed by atoms with Crippen molar-refractivity contribution in [1.29, 1.82) is 0 Å². The number of aryl methyl sites for hydroxylation is 1. The predicted molar refractivity (Wildman–Crippen MR) is 127 cm³/mol. The Balaban J connectivity index is 1.25. The van der Waals surface area contributed by atoms with Crippen molar-refractivity contribution >= 4 is 5.69 Å². The summed E-state index contributed by atoms with van der Waals surface area (Å²) in [6, 6.07) is 15.0. The van der Waals surface area contributed by atoms with Gasteiger partial charge < -0.3 is 10.5 Å². The Morgan fingerprint density at radius 1 is 0.833 bits per heavy atom. The normalized spacial score (nSPS) is 27.0. The van der Waals surface area contributed by atoms with Crippen LogP contribution in [0.5, 0.6) is 5.75 Å². The van der Waals surface area contributed by atoms with Crippen molar-refractivity contribution in [2.24, 2.45) is 17.8 Å². The Kier molecular flexibility index (Phi) is 7.02. The molecule has 0 aliphatic heterocycles. The van der Waals surface area contributed by atoms with Crippen LogP contribution >= 0.6 is 0 Å². The molecule has 0 bridgehead atoms. The molecular weight excluding hydrogens is 366 g/mol. The second-order valence-corrected chi connectivity index (χ2v) is 9.91. The summed E-state index contributed by atoms with van der Waals surface area (Å²) in [5.74, 6) is 4.70. The van der Waals surface area contributed by atoms with Gasteiger partial charge in [-0.2, -0.15) is 0 Å². The molecule has 0 unspecified atom stereocenters. The minimum atomic E-state index is 0.566. The predicted octanol–water partition coefficient (Wildman–Crippen LogP) is 7.65. The van der Waals surface area contributed by atoms with E-state index in [0.717, 1.165) is 40.7 Å². The molecule has 0 spiro atoms. The fraction of sp³-hybridized carbons (Fsp3) is 0.571. The molecule has 0 heterocycles. The molecule has 0 radical (unpaired) electrons. The average molecular weight is 406 g/mol. The minimum Gasteiger partial charge on any atom is -0.489 e. The summed E-state index contributed by atoms with van der Waals surface area (Å²) in [6.07, 6.45) is 12.9. The van der Waals surface area contributed by atoms with E-state index in [0.29, 0.717) is 6.61 Å². The highest BCUT2D eigenvalue weighted by atomic mass is 16.5. The van der Waals surface area contributed by atoms with Gasteiger partial charge in [0.05, 0.1) is 0 Å². The van der Waals surface area contributed by atoms with Crippen LogP contribution in [0.1, 0.15) is 87.3 Å². The van der Waals surface area contributed by atoms with Gasteiger partial charge in [-0.1, -0.05) is 44.4 Å². The first-order valence-corrected chi connectivity index (χ1v) is 12.2. The highest BCUT2D eigenvalue weighted by Gasteiger charge is 2.30. The van der Waals surface area contributed by atoms with Crippen molar-refractivity contribution in [1.82, 2.24) is 0 Å². The molecule has 2 aliphatic rings. The van der Waals surface area contributed by atoms with Crippen LogP contribution in [0.3, 0.4) is 0 Å². The van der Waals surface area contributed by atoms with Gasteiger partial charge in [-0.3, -0.25) is 0 Å². The molecule has 0 amide bonds. The number of nitrogen functional groups attached to an aromatic ring is 1. The SMILES string of the molecule is CCC1CCC(C2CCC(c3ccc(OCc4cc(C)cc(N)c4)cc3)CC2)CC1. The Hall–Kier alpha value is -1.96. The van der Waals surface area contributed by atoms with Crippen molar-refractivity contribution in [3.63, 3.8) is 0 Å². The number of hydrogen-bond donors (Lipinski definition) is 1. The lowest BCUT2D eigenvalue weighted by molar-refractivity contribution is 0.158. The van der Waals surface area contributed by atoms with Gasteiger partial charge in [-0.05, 0) is 110 Å². The Morgan fingerprint density at radius 2 is 1.47 bits per heavy atom. The average Bonchev–Trinajstić information content (AvgIpc) is 2.78. The maximum Gasteiger partial charge on any atom is 0.119 e.